The summed E-state index contributed by atoms with van der Waals surface area (Å²) in [6.07, 6.45) is 5.71. The molecule has 0 radical (unpaired) electrons. The zero-order valence-electron chi connectivity index (χ0n) is 13.3. The summed E-state index contributed by atoms with van der Waals surface area (Å²) in [6, 6.07) is 8.03. The zero-order chi connectivity index (χ0) is 17.5. The molecule has 3 N–H and O–H groups in total. The van der Waals surface area contributed by atoms with Crippen LogP contribution in [-0.2, 0) is 17.8 Å². The molecule has 1 aromatic heterocycles. The maximum atomic E-state index is 11.8. The van der Waals surface area contributed by atoms with Gasteiger partial charge < -0.3 is 5.73 Å². The van der Waals surface area contributed by atoms with Crippen molar-refractivity contribution in [2.75, 3.05) is 0 Å². The van der Waals surface area contributed by atoms with E-state index in [1.807, 2.05) is 24.3 Å². The summed E-state index contributed by atoms with van der Waals surface area (Å²) in [7, 11) is 0. The molecular weight excluding hydrogens is 374 g/mol. The van der Waals surface area contributed by atoms with Crippen molar-refractivity contribution in [3.63, 3.8) is 0 Å². The van der Waals surface area contributed by atoms with E-state index in [4.69, 9.17) is 5.73 Å². The number of carbonyl (C=O) groups excluding carboxylic acids is 1. The van der Waals surface area contributed by atoms with Crippen molar-refractivity contribution < 1.29 is 4.79 Å². The Kier molecular flexibility index (Phi) is 6.54. The molecule has 0 aliphatic heterocycles. The van der Waals surface area contributed by atoms with E-state index in [-0.39, 0.29) is 5.91 Å². The number of aryl methyl sites for hydroxylation is 1. The number of rotatable bonds is 8. The number of benzene rings is 1. The summed E-state index contributed by atoms with van der Waals surface area (Å²) in [4.78, 5) is 36.0. The van der Waals surface area contributed by atoms with Gasteiger partial charge in [0.2, 0.25) is 5.91 Å². The van der Waals surface area contributed by atoms with Crippen molar-refractivity contribution in [2.24, 2.45) is 5.73 Å². The standard InChI is InChI=1S/C17H20BrN3O3/c18-14-11-21(17(24)20-16(14)23)10-13-8-6-12(7-9-13)4-2-1-3-5-15(19)22/h6-9,11H,1-5,10H2,(H2,19,22)(H,20,23,24). The number of halogens is 1. The first-order valence-corrected chi connectivity index (χ1v) is 8.60. The Morgan fingerprint density at radius 3 is 2.42 bits per heavy atom. The van der Waals surface area contributed by atoms with E-state index < -0.39 is 11.2 Å². The number of hydrogen-bond acceptors (Lipinski definition) is 3. The SMILES string of the molecule is NC(=O)CCCCCc1ccc(Cn2cc(Br)c(=O)[nH]c2=O)cc1. The summed E-state index contributed by atoms with van der Waals surface area (Å²) in [5.41, 5.74) is 6.45. The number of nitrogens with two attached hydrogens (primary N) is 1. The number of aromatic amines is 1. The number of primary amides is 1. The van der Waals surface area contributed by atoms with E-state index in [2.05, 4.69) is 20.9 Å². The monoisotopic (exact) mass is 393 g/mol. The molecule has 0 spiro atoms. The number of nitrogens with zero attached hydrogens (tertiary/aromatic N) is 1. The van der Waals surface area contributed by atoms with Gasteiger partial charge in [0.15, 0.2) is 0 Å². The van der Waals surface area contributed by atoms with Crippen LogP contribution in [0.4, 0.5) is 0 Å². The van der Waals surface area contributed by atoms with Crippen molar-refractivity contribution in [3.05, 3.63) is 66.9 Å². The maximum absolute atomic E-state index is 11.8. The topological polar surface area (TPSA) is 97.9 Å². The van der Waals surface area contributed by atoms with Gasteiger partial charge in [-0.25, -0.2) is 4.79 Å². The molecule has 1 amide bonds. The van der Waals surface area contributed by atoms with Gasteiger partial charge in [0.25, 0.3) is 5.56 Å². The van der Waals surface area contributed by atoms with Gasteiger partial charge in [-0.2, -0.15) is 0 Å². The van der Waals surface area contributed by atoms with E-state index >= 15 is 0 Å². The van der Waals surface area contributed by atoms with E-state index in [9.17, 15) is 14.4 Å². The molecule has 0 fully saturated rings. The summed E-state index contributed by atoms with van der Waals surface area (Å²) < 4.78 is 1.78. The first kappa shape index (κ1) is 18.2. The Hall–Kier alpha value is -2.15. The Labute approximate surface area is 147 Å². The number of hydrogen-bond donors (Lipinski definition) is 2. The highest BCUT2D eigenvalue weighted by atomic mass is 79.9. The Bertz CT molecular complexity index is 809. The maximum Gasteiger partial charge on any atom is 0.328 e. The first-order chi connectivity index (χ1) is 11.5. The van der Waals surface area contributed by atoms with Crippen LogP contribution in [0.3, 0.4) is 0 Å². The van der Waals surface area contributed by atoms with Crippen molar-refractivity contribution in [2.45, 2.75) is 38.6 Å². The molecule has 7 heteroatoms. The van der Waals surface area contributed by atoms with Crippen LogP contribution in [0, 0.1) is 0 Å². The third-order valence-corrected chi connectivity index (χ3v) is 4.30. The predicted molar refractivity (Wildman–Crippen MR) is 95.9 cm³/mol. The third-order valence-electron chi connectivity index (χ3n) is 3.73. The lowest BCUT2D eigenvalue weighted by Gasteiger charge is -2.07. The highest BCUT2D eigenvalue weighted by Gasteiger charge is 2.03. The number of nitrogens with one attached hydrogen (secondary N) is 1. The highest BCUT2D eigenvalue weighted by molar-refractivity contribution is 9.10. The van der Waals surface area contributed by atoms with Gasteiger partial charge in [-0.1, -0.05) is 30.7 Å². The van der Waals surface area contributed by atoms with E-state index in [0.29, 0.717) is 17.4 Å². The Balaban J connectivity index is 1.90. The third kappa shape index (κ3) is 5.49. The molecule has 0 bridgehead atoms. The number of unbranched alkanes of at least 4 members (excludes halogenated alkanes) is 2. The molecule has 128 valence electrons. The van der Waals surface area contributed by atoms with Crippen LogP contribution in [0.5, 0.6) is 0 Å². The molecule has 2 rings (SSSR count). The number of carbonyl (C=O) groups is 1. The van der Waals surface area contributed by atoms with Crippen LogP contribution in [0.25, 0.3) is 0 Å². The van der Waals surface area contributed by atoms with Crippen LogP contribution in [0.15, 0.2) is 44.5 Å². The lowest BCUT2D eigenvalue weighted by Crippen LogP contribution is -2.30. The molecule has 0 saturated carbocycles. The lowest BCUT2D eigenvalue weighted by atomic mass is 10.0. The Morgan fingerprint density at radius 2 is 1.75 bits per heavy atom. The van der Waals surface area contributed by atoms with Crippen molar-refractivity contribution >= 4 is 21.8 Å². The number of H-pyrrole nitrogens is 1. The van der Waals surface area contributed by atoms with Crippen LogP contribution in [0.1, 0.15) is 36.8 Å². The summed E-state index contributed by atoms with van der Waals surface area (Å²) in [6.45, 7) is 0.396. The lowest BCUT2D eigenvalue weighted by molar-refractivity contribution is -0.118. The van der Waals surface area contributed by atoms with Gasteiger partial charge in [0.1, 0.15) is 0 Å². The van der Waals surface area contributed by atoms with Crippen molar-refractivity contribution in [1.82, 2.24) is 9.55 Å². The van der Waals surface area contributed by atoms with Gasteiger partial charge in [-0.15, -0.1) is 0 Å². The average Bonchev–Trinajstić information content (AvgIpc) is 2.53. The van der Waals surface area contributed by atoms with Gasteiger partial charge in [0.05, 0.1) is 11.0 Å². The molecule has 0 unspecified atom stereocenters. The molecule has 0 aliphatic rings. The van der Waals surface area contributed by atoms with Crippen LogP contribution in [-0.4, -0.2) is 15.5 Å². The minimum atomic E-state index is -0.429. The van der Waals surface area contributed by atoms with E-state index in [1.165, 1.54) is 16.3 Å². The van der Waals surface area contributed by atoms with Crippen LogP contribution >= 0.6 is 15.9 Å². The quantitative estimate of drug-likeness (QED) is 0.670. The van der Waals surface area contributed by atoms with Crippen LogP contribution in [0.2, 0.25) is 0 Å². The minimum Gasteiger partial charge on any atom is -0.370 e. The van der Waals surface area contributed by atoms with Gasteiger partial charge in [-0.3, -0.25) is 19.1 Å². The smallest absolute Gasteiger partial charge is 0.328 e. The van der Waals surface area contributed by atoms with Crippen LogP contribution < -0.4 is 17.0 Å². The normalized spacial score (nSPS) is 10.7. The predicted octanol–water partition coefficient (Wildman–Crippen LogP) is 1.94. The molecule has 0 saturated heterocycles. The molecule has 24 heavy (non-hydrogen) atoms. The number of aromatic nitrogens is 2. The van der Waals surface area contributed by atoms with Gasteiger partial charge in [0, 0.05) is 12.6 Å². The highest BCUT2D eigenvalue weighted by Crippen LogP contribution is 2.11. The second-order valence-electron chi connectivity index (χ2n) is 5.71. The van der Waals surface area contributed by atoms with Gasteiger partial charge in [-0.05, 0) is 46.3 Å². The largest absolute Gasteiger partial charge is 0.370 e. The second-order valence-corrected chi connectivity index (χ2v) is 6.56. The van der Waals surface area contributed by atoms with Gasteiger partial charge >= 0.3 is 5.69 Å². The molecular formula is C17H20BrN3O3. The van der Waals surface area contributed by atoms with Crippen molar-refractivity contribution in [1.29, 1.82) is 0 Å². The molecule has 1 heterocycles. The molecule has 0 atom stereocenters. The molecule has 6 nitrogen and oxygen atoms in total. The first-order valence-electron chi connectivity index (χ1n) is 7.81. The Morgan fingerprint density at radius 1 is 1.08 bits per heavy atom. The van der Waals surface area contributed by atoms with Crippen molar-refractivity contribution in [3.8, 4) is 0 Å². The summed E-state index contributed by atoms with van der Waals surface area (Å²) in [5, 5.41) is 0. The average molecular weight is 394 g/mol. The minimum absolute atomic E-state index is 0.247. The van der Waals surface area contributed by atoms with E-state index in [0.717, 1.165) is 31.2 Å². The molecule has 0 aliphatic carbocycles. The number of amides is 1. The fourth-order valence-electron chi connectivity index (χ4n) is 2.41. The summed E-state index contributed by atoms with van der Waals surface area (Å²) in [5.74, 6) is -0.247. The fourth-order valence-corrected chi connectivity index (χ4v) is 2.76. The molecule has 1 aromatic carbocycles. The zero-order valence-corrected chi connectivity index (χ0v) is 14.8. The molecule has 2 aromatic rings. The second kappa shape index (κ2) is 8.63. The van der Waals surface area contributed by atoms with E-state index in [1.54, 1.807) is 0 Å². The summed E-state index contributed by atoms with van der Waals surface area (Å²) >= 11 is 3.12. The fraction of sp³-hybridized carbons (Fsp3) is 0.353.